The molecule has 26 heavy (non-hydrogen) atoms. The number of rotatable bonds is 5. The van der Waals surface area contributed by atoms with Crippen LogP contribution < -0.4 is 9.47 Å². The Labute approximate surface area is 153 Å². The van der Waals surface area contributed by atoms with E-state index in [1.165, 1.54) is 0 Å². The van der Waals surface area contributed by atoms with Crippen molar-refractivity contribution >= 4 is 5.91 Å². The maximum atomic E-state index is 12.8. The molecule has 7 heteroatoms. The highest BCUT2D eigenvalue weighted by Gasteiger charge is 2.24. The summed E-state index contributed by atoms with van der Waals surface area (Å²) in [7, 11) is 3.16. The van der Waals surface area contributed by atoms with E-state index in [0.29, 0.717) is 30.2 Å². The minimum Gasteiger partial charge on any atom is -0.497 e. The number of methoxy groups -OCH3 is 2. The molecule has 0 saturated carbocycles. The van der Waals surface area contributed by atoms with Crippen LogP contribution in [0.1, 0.15) is 27.4 Å². The Bertz CT molecular complexity index is 737. The van der Waals surface area contributed by atoms with Gasteiger partial charge in [0.05, 0.1) is 19.9 Å². The number of carbonyl (C=O) groups excluding carboxylic acids is 1. The summed E-state index contributed by atoms with van der Waals surface area (Å²) >= 11 is 0. The Morgan fingerprint density at radius 1 is 1.08 bits per heavy atom. The zero-order valence-electron chi connectivity index (χ0n) is 15.7. The highest BCUT2D eigenvalue weighted by atomic mass is 16.5. The summed E-state index contributed by atoms with van der Waals surface area (Å²) in [5, 5.41) is 4.01. The van der Waals surface area contributed by atoms with E-state index in [2.05, 4.69) is 10.1 Å². The molecule has 0 atom stereocenters. The molecule has 1 amide bonds. The largest absolute Gasteiger partial charge is 0.497 e. The number of hydrogen-bond acceptors (Lipinski definition) is 6. The molecule has 3 rings (SSSR count). The first kappa shape index (κ1) is 18.3. The maximum Gasteiger partial charge on any atom is 0.254 e. The van der Waals surface area contributed by atoms with Crippen LogP contribution in [0.25, 0.3) is 0 Å². The van der Waals surface area contributed by atoms with Gasteiger partial charge in [-0.3, -0.25) is 9.69 Å². The Morgan fingerprint density at radius 2 is 1.69 bits per heavy atom. The third kappa shape index (κ3) is 3.83. The van der Waals surface area contributed by atoms with Crippen LogP contribution in [-0.4, -0.2) is 61.3 Å². The van der Waals surface area contributed by atoms with Gasteiger partial charge in [0.25, 0.3) is 5.91 Å². The number of hydrogen-bond donors (Lipinski definition) is 0. The van der Waals surface area contributed by atoms with Gasteiger partial charge in [-0.25, -0.2) is 0 Å². The summed E-state index contributed by atoms with van der Waals surface area (Å²) in [6.45, 7) is 7.69. The van der Waals surface area contributed by atoms with Gasteiger partial charge in [0.15, 0.2) is 0 Å². The van der Waals surface area contributed by atoms with E-state index >= 15 is 0 Å². The average molecular weight is 359 g/mol. The van der Waals surface area contributed by atoms with Crippen LogP contribution in [0.4, 0.5) is 0 Å². The summed E-state index contributed by atoms with van der Waals surface area (Å²) in [6, 6.07) is 5.26. The first-order chi connectivity index (χ1) is 12.5. The van der Waals surface area contributed by atoms with Crippen molar-refractivity contribution in [2.45, 2.75) is 20.4 Å². The van der Waals surface area contributed by atoms with Gasteiger partial charge in [-0.15, -0.1) is 0 Å². The second-order valence-corrected chi connectivity index (χ2v) is 6.47. The SMILES string of the molecule is COc1cc(OC)cc(C(=O)N2CCN(Cc3c(C)noc3C)CC2)c1. The van der Waals surface area contributed by atoms with E-state index in [0.717, 1.165) is 36.7 Å². The van der Waals surface area contributed by atoms with E-state index < -0.39 is 0 Å². The number of amides is 1. The van der Waals surface area contributed by atoms with Crippen LogP contribution in [0.3, 0.4) is 0 Å². The van der Waals surface area contributed by atoms with Crippen molar-refractivity contribution in [3.63, 3.8) is 0 Å². The van der Waals surface area contributed by atoms with E-state index in [1.54, 1.807) is 32.4 Å². The quantitative estimate of drug-likeness (QED) is 0.816. The number of ether oxygens (including phenoxy) is 2. The molecular weight excluding hydrogens is 334 g/mol. The lowest BCUT2D eigenvalue weighted by Crippen LogP contribution is -2.48. The lowest BCUT2D eigenvalue weighted by molar-refractivity contribution is 0.0627. The first-order valence-corrected chi connectivity index (χ1v) is 8.68. The van der Waals surface area contributed by atoms with Crippen molar-refractivity contribution in [3.8, 4) is 11.5 Å². The van der Waals surface area contributed by atoms with Crippen LogP contribution in [0, 0.1) is 13.8 Å². The summed E-state index contributed by atoms with van der Waals surface area (Å²) in [4.78, 5) is 17.0. The van der Waals surface area contributed by atoms with E-state index in [1.807, 2.05) is 18.7 Å². The van der Waals surface area contributed by atoms with Crippen molar-refractivity contribution in [3.05, 3.63) is 40.8 Å². The first-order valence-electron chi connectivity index (χ1n) is 8.68. The molecule has 0 bridgehead atoms. The van der Waals surface area contributed by atoms with E-state index in [4.69, 9.17) is 14.0 Å². The fourth-order valence-corrected chi connectivity index (χ4v) is 3.17. The second-order valence-electron chi connectivity index (χ2n) is 6.47. The van der Waals surface area contributed by atoms with Gasteiger partial charge < -0.3 is 18.9 Å². The van der Waals surface area contributed by atoms with Crippen LogP contribution >= 0.6 is 0 Å². The minimum atomic E-state index is -0.000751. The molecule has 1 fully saturated rings. The van der Waals surface area contributed by atoms with Crippen molar-refractivity contribution < 1.29 is 18.8 Å². The summed E-state index contributed by atoms with van der Waals surface area (Å²) < 4.78 is 15.8. The number of piperazine rings is 1. The Kier molecular flexibility index (Phi) is 5.46. The van der Waals surface area contributed by atoms with Crippen molar-refractivity contribution in [1.82, 2.24) is 15.0 Å². The number of benzene rings is 1. The molecule has 1 aromatic heterocycles. The molecule has 0 unspecified atom stereocenters. The highest BCUT2D eigenvalue weighted by Crippen LogP contribution is 2.24. The van der Waals surface area contributed by atoms with Gasteiger partial charge in [-0.1, -0.05) is 5.16 Å². The van der Waals surface area contributed by atoms with E-state index in [-0.39, 0.29) is 5.91 Å². The number of nitrogens with zero attached hydrogens (tertiary/aromatic N) is 3. The molecule has 1 aromatic carbocycles. The average Bonchev–Trinajstić information content (AvgIpc) is 2.99. The molecule has 140 valence electrons. The van der Waals surface area contributed by atoms with Crippen LogP contribution in [-0.2, 0) is 6.54 Å². The predicted octanol–water partition coefficient (Wildman–Crippen LogP) is 2.27. The van der Waals surface area contributed by atoms with Gasteiger partial charge in [-0.05, 0) is 26.0 Å². The molecule has 0 spiro atoms. The van der Waals surface area contributed by atoms with Gasteiger partial charge in [0.2, 0.25) is 0 Å². The maximum absolute atomic E-state index is 12.8. The lowest BCUT2D eigenvalue weighted by atomic mass is 10.1. The van der Waals surface area contributed by atoms with Gasteiger partial charge in [-0.2, -0.15) is 0 Å². The molecule has 1 aliphatic heterocycles. The van der Waals surface area contributed by atoms with Crippen molar-refractivity contribution in [2.75, 3.05) is 40.4 Å². The fourth-order valence-electron chi connectivity index (χ4n) is 3.17. The Balaban J connectivity index is 1.63. The second kappa shape index (κ2) is 7.78. The van der Waals surface area contributed by atoms with Gasteiger partial charge >= 0.3 is 0 Å². The number of aromatic nitrogens is 1. The molecule has 1 saturated heterocycles. The smallest absolute Gasteiger partial charge is 0.254 e. The molecule has 0 N–H and O–H groups in total. The Morgan fingerprint density at radius 3 is 2.19 bits per heavy atom. The minimum absolute atomic E-state index is 0.000751. The van der Waals surface area contributed by atoms with Crippen LogP contribution in [0.15, 0.2) is 22.7 Å². The van der Waals surface area contributed by atoms with Gasteiger partial charge in [0.1, 0.15) is 17.3 Å². The molecule has 1 aliphatic rings. The third-order valence-electron chi connectivity index (χ3n) is 4.82. The normalized spacial score (nSPS) is 15.2. The predicted molar refractivity (Wildman–Crippen MR) is 96.7 cm³/mol. The van der Waals surface area contributed by atoms with Crippen molar-refractivity contribution in [1.29, 1.82) is 0 Å². The molecule has 0 radical (unpaired) electrons. The fraction of sp³-hybridized carbons (Fsp3) is 0.474. The van der Waals surface area contributed by atoms with Crippen LogP contribution in [0.2, 0.25) is 0 Å². The Hall–Kier alpha value is -2.54. The zero-order chi connectivity index (χ0) is 18.7. The monoisotopic (exact) mass is 359 g/mol. The standard InChI is InChI=1S/C19H25N3O4/c1-13-18(14(2)26-20-13)12-21-5-7-22(8-6-21)19(23)15-9-16(24-3)11-17(10-15)25-4/h9-11H,5-8,12H2,1-4H3. The highest BCUT2D eigenvalue weighted by molar-refractivity contribution is 5.95. The topological polar surface area (TPSA) is 68.0 Å². The molecular formula is C19H25N3O4. The molecule has 2 heterocycles. The summed E-state index contributed by atoms with van der Waals surface area (Å²) in [5.41, 5.74) is 2.66. The molecule has 0 aliphatic carbocycles. The lowest BCUT2D eigenvalue weighted by Gasteiger charge is -2.34. The van der Waals surface area contributed by atoms with E-state index in [9.17, 15) is 4.79 Å². The van der Waals surface area contributed by atoms with Crippen molar-refractivity contribution in [2.24, 2.45) is 0 Å². The summed E-state index contributed by atoms with van der Waals surface area (Å²) in [6.07, 6.45) is 0. The number of aryl methyl sites for hydroxylation is 2. The van der Waals surface area contributed by atoms with Crippen LogP contribution in [0.5, 0.6) is 11.5 Å². The molecule has 2 aromatic rings. The third-order valence-corrected chi connectivity index (χ3v) is 4.82. The molecule has 7 nitrogen and oxygen atoms in total. The zero-order valence-corrected chi connectivity index (χ0v) is 15.7. The van der Waals surface area contributed by atoms with Gasteiger partial charge in [0, 0.05) is 49.9 Å². The number of carbonyl (C=O) groups is 1. The summed E-state index contributed by atoms with van der Waals surface area (Å²) in [5.74, 6) is 2.10.